The van der Waals surface area contributed by atoms with Gasteiger partial charge in [0.2, 0.25) is 0 Å². The normalized spacial score (nSPS) is 19.9. The molecule has 1 saturated heterocycles. The van der Waals surface area contributed by atoms with E-state index in [9.17, 15) is 9.59 Å². The van der Waals surface area contributed by atoms with E-state index in [4.69, 9.17) is 25.9 Å². The lowest BCUT2D eigenvalue weighted by molar-refractivity contribution is 0.0529. The number of methoxy groups -OCH3 is 1. The van der Waals surface area contributed by atoms with Crippen LogP contribution in [0.5, 0.6) is 0 Å². The minimum Gasteiger partial charge on any atom is -0.476 e. The summed E-state index contributed by atoms with van der Waals surface area (Å²) in [5.41, 5.74) is 0.550. The zero-order valence-corrected chi connectivity index (χ0v) is 15.6. The number of anilines is 1. The zero-order chi connectivity index (χ0) is 19.6. The van der Waals surface area contributed by atoms with Gasteiger partial charge in [-0.2, -0.15) is 4.98 Å². The van der Waals surface area contributed by atoms with Crippen molar-refractivity contribution in [3.8, 4) is 0 Å². The quantitative estimate of drug-likeness (QED) is 0.664. The predicted octanol–water partition coefficient (Wildman–Crippen LogP) is 1.34. The second kappa shape index (κ2) is 7.97. The van der Waals surface area contributed by atoms with E-state index >= 15 is 0 Å². The van der Waals surface area contributed by atoms with Crippen molar-refractivity contribution >= 4 is 29.5 Å². The molecule has 0 aliphatic carbocycles. The van der Waals surface area contributed by atoms with Crippen molar-refractivity contribution in [1.82, 2.24) is 20.3 Å². The molecule has 3 N–H and O–H groups in total. The summed E-state index contributed by atoms with van der Waals surface area (Å²) >= 11 is 5.99. The average molecular weight is 398 g/mol. The van der Waals surface area contributed by atoms with Gasteiger partial charge in [0, 0.05) is 13.7 Å². The maximum absolute atomic E-state index is 12.5. The number of aryl methyl sites for hydroxylation is 1. The molecule has 0 radical (unpaired) electrons. The maximum atomic E-state index is 12.5. The smallest absolute Gasteiger partial charge is 0.357 e. The van der Waals surface area contributed by atoms with Crippen LogP contribution in [0.2, 0.25) is 5.15 Å². The molecule has 0 saturated carbocycles. The first-order valence-corrected chi connectivity index (χ1v) is 8.82. The molecule has 146 valence electrons. The average Bonchev–Trinajstić information content (AvgIpc) is 3.29. The van der Waals surface area contributed by atoms with Crippen molar-refractivity contribution in [2.45, 2.75) is 31.9 Å². The minimum absolute atomic E-state index is 0.157. The van der Waals surface area contributed by atoms with E-state index in [0.717, 1.165) is 6.26 Å². The molecule has 27 heavy (non-hydrogen) atoms. The number of hydrogen-bond donors (Lipinski definition) is 3. The maximum Gasteiger partial charge on any atom is 0.357 e. The van der Waals surface area contributed by atoms with E-state index in [2.05, 4.69) is 20.3 Å². The third-order valence-electron chi connectivity index (χ3n) is 4.46. The number of carbonyl (C=O) groups is 2. The number of hydrogen-bond acceptors (Lipinski definition) is 7. The van der Waals surface area contributed by atoms with Crippen molar-refractivity contribution in [3.05, 3.63) is 28.6 Å². The number of carboxylic acids is 1. The molecule has 1 amide bonds. The van der Waals surface area contributed by atoms with Gasteiger partial charge in [0.05, 0.1) is 24.4 Å². The van der Waals surface area contributed by atoms with Crippen LogP contribution in [0, 0.1) is 0 Å². The Bertz CT molecular complexity index is 835. The highest BCUT2D eigenvalue weighted by molar-refractivity contribution is 6.30. The Labute approximate surface area is 159 Å². The van der Waals surface area contributed by atoms with Crippen LogP contribution in [0.3, 0.4) is 0 Å². The first-order chi connectivity index (χ1) is 12.9. The van der Waals surface area contributed by atoms with Crippen LogP contribution in [-0.4, -0.2) is 64.3 Å². The van der Waals surface area contributed by atoms with Crippen LogP contribution in [-0.2, 0) is 11.2 Å². The highest BCUT2D eigenvalue weighted by atomic mass is 35.5. The summed E-state index contributed by atoms with van der Waals surface area (Å²) in [5.74, 6) is -1.35. The molecule has 2 aromatic heterocycles. The summed E-state index contributed by atoms with van der Waals surface area (Å²) in [6.45, 7) is 2.82. The highest BCUT2D eigenvalue weighted by Gasteiger charge is 2.33. The molecule has 0 unspecified atom stereocenters. The fraction of sp³-hybridized carbons (Fsp3) is 0.500. The largest absolute Gasteiger partial charge is 0.476 e. The van der Waals surface area contributed by atoms with Crippen LogP contribution in [0.25, 0.3) is 0 Å². The van der Waals surface area contributed by atoms with Gasteiger partial charge in [-0.05, 0) is 12.8 Å². The highest BCUT2D eigenvalue weighted by Crippen LogP contribution is 2.22. The number of halogens is 1. The van der Waals surface area contributed by atoms with E-state index in [1.807, 2.05) is 6.92 Å². The van der Waals surface area contributed by atoms with Gasteiger partial charge in [-0.25, -0.2) is 9.78 Å². The molecule has 2 atom stereocenters. The van der Waals surface area contributed by atoms with Crippen LogP contribution in [0.15, 0.2) is 10.7 Å². The summed E-state index contributed by atoms with van der Waals surface area (Å²) in [6.07, 6.45) is 1.97. The summed E-state index contributed by atoms with van der Waals surface area (Å²) in [7, 11) is 1.55. The first-order valence-electron chi connectivity index (χ1n) is 8.44. The first kappa shape index (κ1) is 19.2. The van der Waals surface area contributed by atoms with Gasteiger partial charge in [0.25, 0.3) is 11.9 Å². The number of rotatable bonds is 6. The number of piperidine rings is 1. The van der Waals surface area contributed by atoms with Gasteiger partial charge in [-0.1, -0.05) is 18.5 Å². The number of oxazole rings is 1. The lowest BCUT2D eigenvalue weighted by atomic mass is 10.0. The third kappa shape index (κ3) is 4.06. The monoisotopic (exact) mass is 397 g/mol. The number of H-pyrrole nitrogens is 1. The molecule has 10 nitrogen and oxygen atoms in total. The second-order valence-electron chi connectivity index (χ2n) is 6.12. The molecule has 1 aliphatic rings. The van der Waals surface area contributed by atoms with Gasteiger partial charge in [-0.3, -0.25) is 4.79 Å². The van der Waals surface area contributed by atoms with Crippen molar-refractivity contribution in [2.24, 2.45) is 0 Å². The molecule has 3 rings (SSSR count). The Morgan fingerprint density at radius 3 is 2.89 bits per heavy atom. The Balaban J connectivity index is 1.65. The SMILES string of the molecule is CCc1[nH]c(C(=O)N[C@@H]2CCN(c3nc(C(=O)O)co3)C[C@@H]2OC)nc1Cl. The third-order valence-corrected chi connectivity index (χ3v) is 4.77. The van der Waals surface area contributed by atoms with E-state index in [1.54, 1.807) is 12.0 Å². The predicted molar refractivity (Wildman–Crippen MR) is 95.3 cm³/mol. The fourth-order valence-electron chi connectivity index (χ4n) is 2.97. The van der Waals surface area contributed by atoms with E-state index in [0.29, 0.717) is 36.8 Å². The topological polar surface area (TPSA) is 134 Å². The number of nitrogens with zero attached hydrogens (tertiary/aromatic N) is 3. The number of aromatic carboxylic acids is 1. The molecule has 3 heterocycles. The zero-order valence-electron chi connectivity index (χ0n) is 14.9. The van der Waals surface area contributed by atoms with Crippen LogP contribution in [0.1, 0.15) is 40.1 Å². The summed E-state index contributed by atoms with van der Waals surface area (Å²) < 4.78 is 10.7. The lowest BCUT2D eigenvalue weighted by Crippen LogP contribution is -2.55. The Morgan fingerprint density at radius 2 is 2.30 bits per heavy atom. The van der Waals surface area contributed by atoms with Gasteiger partial charge in [0.15, 0.2) is 16.7 Å². The molecule has 1 aliphatic heterocycles. The standard InChI is InChI=1S/C16H20ClN5O5/c1-3-8-12(17)21-13(18-8)14(23)19-9-4-5-22(6-11(9)26-2)16-20-10(7-27-16)15(24)25/h7,9,11H,3-6H2,1-2H3,(H,18,21)(H,19,23)(H,24,25)/t9-,11+/m1/s1. The fourth-order valence-corrected chi connectivity index (χ4v) is 3.23. The van der Waals surface area contributed by atoms with Crippen molar-refractivity contribution < 1.29 is 23.8 Å². The number of carboxylic acid groups (broad SMARTS) is 1. The molecular formula is C16H20ClN5O5. The summed E-state index contributed by atoms with van der Waals surface area (Å²) in [5, 5.41) is 12.2. The van der Waals surface area contributed by atoms with Crippen LogP contribution in [0.4, 0.5) is 6.01 Å². The number of amides is 1. The molecule has 0 aromatic carbocycles. The molecule has 1 fully saturated rings. The van der Waals surface area contributed by atoms with Crippen molar-refractivity contribution in [1.29, 1.82) is 0 Å². The minimum atomic E-state index is -1.15. The Hall–Kier alpha value is -2.59. The number of imidazole rings is 1. The van der Waals surface area contributed by atoms with E-state index in [-0.39, 0.29) is 35.6 Å². The molecular weight excluding hydrogens is 378 g/mol. The van der Waals surface area contributed by atoms with E-state index < -0.39 is 5.97 Å². The van der Waals surface area contributed by atoms with Gasteiger partial charge >= 0.3 is 5.97 Å². The number of aromatic amines is 1. The number of carbonyl (C=O) groups excluding carboxylic acids is 1. The Kier molecular flexibility index (Phi) is 5.66. The van der Waals surface area contributed by atoms with Crippen molar-refractivity contribution in [3.63, 3.8) is 0 Å². The van der Waals surface area contributed by atoms with E-state index in [1.165, 1.54) is 0 Å². The van der Waals surface area contributed by atoms with Crippen molar-refractivity contribution in [2.75, 3.05) is 25.1 Å². The van der Waals surface area contributed by atoms with Gasteiger partial charge in [-0.15, -0.1) is 0 Å². The van der Waals surface area contributed by atoms with Crippen LogP contribution >= 0.6 is 11.6 Å². The summed E-state index contributed by atoms with van der Waals surface area (Å²) in [6, 6.07) is -0.0359. The summed E-state index contributed by atoms with van der Waals surface area (Å²) in [4.78, 5) is 36.1. The molecule has 2 aromatic rings. The molecule has 0 spiro atoms. The number of nitrogens with one attached hydrogen (secondary N) is 2. The lowest BCUT2D eigenvalue weighted by Gasteiger charge is -2.37. The second-order valence-corrected chi connectivity index (χ2v) is 6.48. The number of ether oxygens (including phenoxy) is 1. The molecule has 11 heteroatoms. The van der Waals surface area contributed by atoms with Crippen LogP contribution < -0.4 is 10.2 Å². The number of aromatic nitrogens is 3. The van der Waals surface area contributed by atoms with Gasteiger partial charge in [0.1, 0.15) is 6.26 Å². The Morgan fingerprint density at radius 1 is 1.52 bits per heavy atom. The molecule has 0 bridgehead atoms. The van der Waals surface area contributed by atoms with Gasteiger partial charge < -0.3 is 29.5 Å².